The van der Waals surface area contributed by atoms with Crippen molar-refractivity contribution in [2.45, 2.75) is 39.8 Å². The van der Waals surface area contributed by atoms with Crippen molar-refractivity contribution in [2.75, 3.05) is 5.32 Å². The van der Waals surface area contributed by atoms with Crippen molar-refractivity contribution >= 4 is 29.0 Å². The number of hydrogen-bond donors (Lipinski definition) is 2. The lowest BCUT2D eigenvalue weighted by Crippen LogP contribution is -2.39. The predicted octanol–water partition coefficient (Wildman–Crippen LogP) is 3.85. The van der Waals surface area contributed by atoms with Crippen LogP contribution in [0.25, 0.3) is 0 Å². The molecule has 0 bridgehead atoms. The van der Waals surface area contributed by atoms with Gasteiger partial charge >= 0.3 is 12.0 Å². The molecule has 2 N–H and O–H groups in total. The first kappa shape index (κ1) is 17.9. The number of urea groups is 1. The highest BCUT2D eigenvalue weighted by atomic mass is 32.1. The normalized spacial score (nSPS) is 10.7. The van der Waals surface area contributed by atoms with E-state index >= 15 is 0 Å². The van der Waals surface area contributed by atoms with Crippen molar-refractivity contribution in [1.29, 1.82) is 0 Å². The van der Waals surface area contributed by atoms with Crippen LogP contribution in [0.4, 0.5) is 10.5 Å². The molecular formula is C17H21N3O3S. The van der Waals surface area contributed by atoms with Gasteiger partial charge in [-0.05, 0) is 31.9 Å². The van der Waals surface area contributed by atoms with Gasteiger partial charge in [-0.1, -0.05) is 25.1 Å². The molecule has 2 aromatic rings. The van der Waals surface area contributed by atoms with Crippen LogP contribution in [0.2, 0.25) is 0 Å². The van der Waals surface area contributed by atoms with Gasteiger partial charge in [0.05, 0.1) is 6.54 Å². The fourth-order valence-electron chi connectivity index (χ4n) is 2.25. The first-order valence-corrected chi connectivity index (χ1v) is 8.63. The van der Waals surface area contributed by atoms with Crippen molar-refractivity contribution in [3.8, 4) is 0 Å². The molecule has 128 valence electrons. The van der Waals surface area contributed by atoms with Gasteiger partial charge < -0.3 is 15.3 Å². The molecular weight excluding hydrogens is 326 g/mol. The number of amides is 2. The molecule has 0 unspecified atom stereocenters. The Morgan fingerprint density at radius 1 is 1.33 bits per heavy atom. The second-order valence-corrected chi connectivity index (χ2v) is 6.54. The first-order valence-electron chi connectivity index (χ1n) is 7.75. The molecule has 2 rings (SSSR count). The zero-order chi connectivity index (χ0) is 17.7. The Morgan fingerprint density at radius 3 is 2.62 bits per heavy atom. The predicted molar refractivity (Wildman–Crippen MR) is 94.6 cm³/mol. The van der Waals surface area contributed by atoms with E-state index in [1.165, 1.54) is 16.7 Å². The van der Waals surface area contributed by atoms with Crippen LogP contribution in [0, 0.1) is 0 Å². The molecule has 0 spiro atoms. The summed E-state index contributed by atoms with van der Waals surface area (Å²) in [6, 6.07) is 7.41. The quantitative estimate of drug-likeness (QED) is 0.831. The number of anilines is 1. The number of benzene rings is 1. The van der Waals surface area contributed by atoms with E-state index in [-0.39, 0.29) is 24.3 Å². The minimum absolute atomic E-state index is 0.00967. The number of thiazole rings is 1. The van der Waals surface area contributed by atoms with E-state index in [0.29, 0.717) is 5.01 Å². The summed E-state index contributed by atoms with van der Waals surface area (Å²) in [6.07, 6.45) is 0.826. The number of carboxylic acids is 1. The monoisotopic (exact) mass is 347 g/mol. The molecule has 0 radical (unpaired) electrons. The summed E-state index contributed by atoms with van der Waals surface area (Å²) in [5, 5.41) is 14.0. The molecule has 6 nitrogen and oxygen atoms in total. The maximum absolute atomic E-state index is 12.6. The molecule has 2 amide bonds. The summed E-state index contributed by atoms with van der Waals surface area (Å²) in [7, 11) is 0. The standard InChI is InChI=1S/C17H21N3O3S/c1-4-12-7-5-6-8-13(12)19-17(23)20(11(2)3)9-15-18-14(10-24-15)16(21)22/h5-8,10-11H,4,9H2,1-3H3,(H,19,23)(H,21,22). The van der Waals surface area contributed by atoms with Crippen molar-refractivity contribution in [3.05, 3.63) is 45.9 Å². The van der Waals surface area contributed by atoms with E-state index < -0.39 is 5.97 Å². The van der Waals surface area contributed by atoms with E-state index in [1.807, 2.05) is 45.0 Å². The third kappa shape index (κ3) is 4.32. The average molecular weight is 347 g/mol. The van der Waals surface area contributed by atoms with Crippen molar-refractivity contribution < 1.29 is 14.7 Å². The number of aromatic carboxylic acids is 1. The smallest absolute Gasteiger partial charge is 0.355 e. The Labute approximate surface area is 145 Å². The fourth-order valence-corrected chi connectivity index (χ4v) is 3.02. The molecule has 7 heteroatoms. The van der Waals surface area contributed by atoms with Gasteiger partial charge in [0.1, 0.15) is 5.01 Å². The van der Waals surface area contributed by atoms with E-state index in [1.54, 1.807) is 4.90 Å². The number of nitrogens with zero attached hydrogens (tertiary/aromatic N) is 2. The summed E-state index contributed by atoms with van der Waals surface area (Å²) >= 11 is 1.24. The zero-order valence-electron chi connectivity index (χ0n) is 13.9. The van der Waals surface area contributed by atoms with Crippen molar-refractivity contribution in [1.82, 2.24) is 9.88 Å². The maximum Gasteiger partial charge on any atom is 0.355 e. The molecule has 0 saturated heterocycles. The number of aromatic nitrogens is 1. The third-order valence-corrected chi connectivity index (χ3v) is 4.43. The van der Waals surface area contributed by atoms with Crippen LogP contribution < -0.4 is 5.32 Å². The second-order valence-electron chi connectivity index (χ2n) is 5.59. The highest BCUT2D eigenvalue weighted by Crippen LogP contribution is 2.19. The van der Waals surface area contributed by atoms with E-state index in [0.717, 1.165) is 17.7 Å². The Kier molecular flexibility index (Phi) is 5.92. The highest BCUT2D eigenvalue weighted by molar-refractivity contribution is 7.09. The van der Waals surface area contributed by atoms with Gasteiger partial charge in [0.15, 0.2) is 5.69 Å². The van der Waals surface area contributed by atoms with Crippen LogP contribution >= 0.6 is 11.3 Å². The van der Waals surface area contributed by atoms with Crippen LogP contribution in [0.1, 0.15) is 41.8 Å². The van der Waals surface area contributed by atoms with Crippen LogP contribution in [0.3, 0.4) is 0 Å². The van der Waals surface area contributed by atoms with Gasteiger partial charge in [0.25, 0.3) is 0 Å². The Morgan fingerprint density at radius 2 is 2.04 bits per heavy atom. The molecule has 1 aromatic heterocycles. The highest BCUT2D eigenvalue weighted by Gasteiger charge is 2.20. The fraction of sp³-hybridized carbons (Fsp3) is 0.353. The molecule has 1 aromatic carbocycles. The summed E-state index contributed by atoms with van der Waals surface area (Å²) in [6.45, 7) is 6.14. The lowest BCUT2D eigenvalue weighted by atomic mass is 10.1. The maximum atomic E-state index is 12.6. The molecule has 0 atom stereocenters. The topological polar surface area (TPSA) is 82.5 Å². The molecule has 1 heterocycles. The molecule has 0 fully saturated rings. The second kappa shape index (κ2) is 7.92. The molecule has 0 aliphatic rings. The minimum atomic E-state index is -1.06. The van der Waals surface area contributed by atoms with Crippen molar-refractivity contribution in [2.24, 2.45) is 0 Å². The van der Waals surface area contributed by atoms with Gasteiger partial charge in [-0.3, -0.25) is 0 Å². The van der Waals surface area contributed by atoms with E-state index in [4.69, 9.17) is 5.11 Å². The summed E-state index contributed by atoms with van der Waals surface area (Å²) in [4.78, 5) is 29.3. The lowest BCUT2D eigenvalue weighted by molar-refractivity contribution is 0.0691. The van der Waals surface area contributed by atoms with Gasteiger partial charge in [0.2, 0.25) is 0 Å². The van der Waals surface area contributed by atoms with Gasteiger partial charge in [-0.15, -0.1) is 11.3 Å². The number of para-hydroxylation sites is 1. The number of rotatable bonds is 6. The largest absolute Gasteiger partial charge is 0.476 e. The Hall–Kier alpha value is -2.41. The summed E-state index contributed by atoms with van der Waals surface area (Å²) in [5.41, 5.74) is 1.87. The van der Waals surface area contributed by atoms with Gasteiger partial charge in [-0.25, -0.2) is 14.6 Å². The van der Waals surface area contributed by atoms with Crippen molar-refractivity contribution in [3.63, 3.8) is 0 Å². The Bertz CT molecular complexity index is 727. The van der Waals surface area contributed by atoms with E-state index in [2.05, 4.69) is 10.3 Å². The third-order valence-electron chi connectivity index (χ3n) is 3.60. The number of nitrogens with one attached hydrogen (secondary N) is 1. The lowest BCUT2D eigenvalue weighted by Gasteiger charge is -2.26. The molecule has 0 aliphatic carbocycles. The molecule has 0 saturated carbocycles. The minimum Gasteiger partial charge on any atom is -0.476 e. The summed E-state index contributed by atoms with van der Waals surface area (Å²) < 4.78 is 0. The van der Waals surface area contributed by atoms with Gasteiger partial charge in [0, 0.05) is 17.1 Å². The zero-order valence-corrected chi connectivity index (χ0v) is 14.8. The van der Waals surface area contributed by atoms with Crippen LogP contribution in [-0.2, 0) is 13.0 Å². The van der Waals surface area contributed by atoms with Crippen LogP contribution in [0.5, 0.6) is 0 Å². The van der Waals surface area contributed by atoms with Crippen LogP contribution in [0.15, 0.2) is 29.6 Å². The van der Waals surface area contributed by atoms with Crippen LogP contribution in [-0.4, -0.2) is 33.0 Å². The van der Waals surface area contributed by atoms with Gasteiger partial charge in [-0.2, -0.15) is 0 Å². The molecule has 24 heavy (non-hydrogen) atoms. The number of carboxylic acid groups (broad SMARTS) is 1. The average Bonchev–Trinajstić information content (AvgIpc) is 3.01. The number of aryl methyl sites for hydroxylation is 1. The number of carbonyl (C=O) groups is 2. The molecule has 0 aliphatic heterocycles. The number of hydrogen-bond acceptors (Lipinski definition) is 4. The SMILES string of the molecule is CCc1ccccc1NC(=O)N(Cc1nc(C(=O)O)cs1)C(C)C. The first-order chi connectivity index (χ1) is 11.4. The Balaban J connectivity index is 2.14. The van der Waals surface area contributed by atoms with E-state index in [9.17, 15) is 9.59 Å². The number of carbonyl (C=O) groups excluding carboxylic acids is 1. The summed E-state index contributed by atoms with van der Waals surface area (Å²) in [5.74, 6) is -1.06.